The maximum absolute atomic E-state index is 12.4. The number of carboxylic acids is 1. The van der Waals surface area contributed by atoms with Gasteiger partial charge in [-0.1, -0.05) is 6.42 Å². The van der Waals surface area contributed by atoms with Gasteiger partial charge in [-0.2, -0.15) is 0 Å². The molecule has 2 amide bonds. The summed E-state index contributed by atoms with van der Waals surface area (Å²) < 4.78 is 5.17. The fourth-order valence-corrected chi connectivity index (χ4v) is 3.23. The molecule has 110 valence electrons. The second-order valence-electron chi connectivity index (χ2n) is 5.35. The predicted molar refractivity (Wildman–Crippen MR) is 73.3 cm³/mol. The summed E-state index contributed by atoms with van der Waals surface area (Å²) in [4.78, 5) is 37.1. The molecule has 0 bridgehead atoms. The summed E-state index contributed by atoms with van der Waals surface area (Å²) in [6, 6.07) is 4.17. The highest BCUT2D eigenvalue weighted by atomic mass is 16.5. The maximum atomic E-state index is 12.4. The van der Waals surface area contributed by atoms with Crippen molar-refractivity contribution in [2.45, 2.75) is 19.3 Å². The van der Waals surface area contributed by atoms with Crippen LogP contribution in [0.25, 0.3) is 0 Å². The van der Waals surface area contributed by atoms with Crippen LogP contribution < -0.4 is 9.64 Å². The molecule has 1 aromatic carbocycles. The van der Waals surface area contributed by atoms with Gasteiger partial charge in [0.2, 0.25) is 11.8 Å². The van der Waals surface area contributed by atoms with Crippen LogP contribution >= 0.6 is 0 Å². The number of benzene rings is 1. The molecular formula is C15H15NO5. The number of hydrogen-bond acceptors (Lipinski definition) is 4. The van der Waals surface area contributed by atoms with E-state index in [1.807, 2.05) is 0 Å². The molecule has 2 atom stereocenters. The number of nitrogens with zero attached hydrogens (tertiary/aromatic N) is 1. The van der Waals surface area contributed by atoms with Crippen LogP contribution in [-0.2, 0) is 9.59 Å². The molecule has 1 saturated carbocycles. The Kier molecular flexibility index (Phi) is 3.16. The van der Waals surface area contributed by atoms with Crippen molar-refractivity contribution >= 4 is 23.5 Å². The molecule has 1 aliphatic carbocycles. The quantitative estimate of drug-likeness (QED) is 0.856. The lowest BCUT2D eigenvalue weighted by Crippen LogP contribution is -2.32. The number of amides is 2. The number of methoxy groups -OCH3 is 1. The lowest BCUT2D eigenvalue weighted by atomic mass is 10.00. The van der Waals surface area contributed by atoms with Crippen LogP contribution in [0.4, 0.5) is 5.69 Å². The monoisotopic (exact) mass is 289 g/mol. The molecule has 6 nitrogen and oxygen atoms in total. The number of rotatable bonds is 3. The molecule has 0 spiro atoms. The van der Waals surface area contributed by atoms with Crippen LogP contribution in [-0.4, -0.2) is 30.0 Å². The van der Waals surface area contributed by atoms with Gasteiger partial charge >= 0.3 is 5.97 Å². The molecule has 2 aliphatic rings. The van der Waals surface area contributed by atoms with Crippen molar-refractivity contribution < 1.29 is 24.2 Å². The van der Waals surface area contributed by atoms with E-state index in [1.54, 1.807) is 0 Å². The molecule has 1 saturated heterocycles. The highest BCUT2D eigenvalue weighted by Crippen LogP contribution is 2.43. The Morgan fingerprint density at radius 1 is 1.24 bits per heavy atom. The van der Waals surface area contributed by atoms with Crippen LogP contribution in [0.1, 0.15) is 29.6 Å². The minimum atomic E-state index is -1.11. The summed E-state index contributed by atoms with van der Waals surface area (Å²) in [5.74, 6) is -1.82. The van der Waals surface area contributed by atoms with Gasteiger partial charge in [0.25, 0.3) is 0 Å². The van der Waals surface area contributed by atoms with Gasteiger partial charge in [0, 0.05) is 0 Å². The lowest BCUT2D eigenvalue weighted by Gasteiger charge is -2.19. The molecule has 1 aliphatic heterocycles. The van der Waals surface area contributed by atoms with Crippen molar-refractivity contribution in [3.05, 3.63) is 23.8 Å². The molecule has 1 heterocycles. The minimum Gasteiger partial charge on any atom is -0.495 e. The Balaban J connectivity index is 2.07. The number of anilines is 1. The van der Waals surface area contributed by atoms with Crippen molar-refractivity contribution in [3.63, 3.8) is 0 Å². The van der Waals surface area contributed by atoms with Crippen LogP contribution in [0.5, 0.6) is 5.75 Å². The van der Waals surface area contributed by atoms with E-state index in [9.17, 15) is 14.4 Å². The van der Waals surface area contributed by atoms with E-state index in [0.717, 1.165) is 11.3 Å². The van der Waals surface area contributed by atoms with E-state index in [0.29, 0.717) is 18.6 Å². The van der Waals surface area contributed by atoms with Gasteiger partial charge in [-0.25, -0.2) is 9.69 Å². The number of hydrogen-bond donors (Lipinski definition) is 1. The summed E-state index contributed by atoms with van der Waals surface area (Å²) in [6.45, 7) is 0. The average molecular weight is 289 g/mol. The SMILES string of the molecule is COc1ccc(C(=O)O)cc1N1C(=O)C2CCCC2C1=O. The maximum Gasteiger partial charge on any atom is 0.335 e. The molecule has 2 unspecified atom stereocenters. The molecule has 0 aromatic heterocycles. The highest BCUT2D eigenvalue weighted by Gasteiger charge is 2.50. The Bertz CT molecular complexity index is 617. The third-order valence-corrected chi connectivity index (χ3v) is 4.26. The van der Waals surface area contributed by atoms with Gasteiger partial charge in [-0.3, -0.25) is 9.59 Å². The number of carbonyl (C=O) groups excluding carboxylic acids is 2. The zero-order chi connectivity index (χ0) is 15.1. The molecule has 1 N–H and O–H groups in total. The largest absolute Gasteiger partial charge is 0.495 e. The molecular weight excluding hydrogens is 274 g/mol. The third-order valence-electron chi connectivity index (χ3n) is 4.26. The van der Waals surface area contributed by atoms with E-state index in [4.69, 9.17) is 9.84 Å². The highest BCUT2D eigenvalue weighted by molar-refractivity contribution is 6.23. The van der Waals surface area contributed by atoms with E-state index >= 15 is 0 Å². The van der Waals surface area contributed by atoms with Crippen LogP contribution in [0.3, 0.4) is 0 Å². The zero-order valence-electron chi connectivity index (χ0n) is 11.5. The first-order valence-electron chi connectivity index (χ1n) is 6.83. The first kappa shape index (κ1) is 13.6. The first-order valence-corrected chi connectivity index (χ1v) is 6.83. The van der Waals surface area contributed by atoms with Gasteiger partial charge in [0.1, 0.15) is 5.75 Å². The number of aromatic carboxylic acids is 1. The fourth-order valence-electron chi connectivity index (χ4n) is 3.23. The van der Waals surface area contributed by atoms with Gasteiger partial charge < -0.3 is 9.84 Å². The van der Waals surface area contributed by atoms with Crippen molar-refractivity contribution in [2.75, 3.05) is 12.0 Å². The Morgan fingerprint density at radius 2 is 1.86 bits per heavy atom. The normalized spacial score (nSPS) is 24.3. The molecule has 21 heavy (non-hydrogen) atoms. The third kappa shape index (κ3) is 1.98. The van der Waals surface area contributed by atoms with Crippen LogP contribution in [0.15, 0.2) is 18.2 Å². The Hall–Kier alpha value is -2.37. The summed E-state index contributed by atoms with van der Waals surface area (Å²) >= 11 is 0. The van der Waals surface area contributed by atoms with Crippen molar-refractivity contribution in [3.8, 4) is 5.75 Å². The molecule has 0 radical (unpaired) electrons. The summed E-state index contributed by atoms with van der Waals surface area (Å²) in [7, 11) is 1.42. The number of imide groups is 1. The first-order chi connectivity index (χ1) is 10.0. The van der Waals surface area contributed by atoms with Crippen LogP contribution in [0.2, 0.25) is 0 Å². The Labute approximate surface area is 121 Å². The predicted octanol–water partition coefficient (Wildman–Crippen LogP) is 1.68. The smallest absolute Gasteiger partial charge is 0.335 e. The molecule has 1 aromatic rings. The summed E-state index contributed by atoms with van der Waals surface area (Å²) in [5, 5.41) is 9.08. The standard InChI is InChI=1S/C15H15NO5/c1-21-12-6-5-8(15(19)20)7-11(12)16-13(17)9-3-2-4-10(9)14(16)18/h5-7,9-10H,2-4H2,1H3,(H,19,20). The number of carbonyl (C=O) groups is 3. The molecule has 6 heteroatoms. The number of fused-ring (bicyclic) bond motifs is 1. The van der Waals surface area contributed by atoms with E-state index in [2.05, 4.69) is 0 Å². The van der Waals surface area contributed by atoms with E-state index in [-0.39, 0.29) is 34.9 Å². The Morgan fingerprint density at radius 3 is 2.38 bits per heavy atom. The topological polar surface area (TPSA) is 83.9 Å². The lowest BCUT2D eigenvalue weighted by molar-refractivity contribution is -0.122. The van der Waals surface area contributed by atoms with Gasteiger partial charge in [-0.05, 0) is 31.0 Å². The van der Waals surface area contributed by atoms with Gasteiger partial charge in [-0.15, -0.1) is 0 Å². The van der Waals surface area contributed by atoms with Crippen molar-refractivity contribution in [1.82, 2.24) is 0 Å². The van der Waals surface area contributed by atoms with Gasteiger partial charge in [0.05, 0.1) is 30.2 Å². The minimum absolute atomic E-state index is 0.0171. The van der Waals surface area contributed by atoms with Gasteiger partial charge in [0.15, 0.2) is 0 Å². The van der Waals surface area contributed by atoms with Crippen molar-refractivity contribution in [2.24, 2.45) is 11.8 Å². The number of carboxylic acid groups (broad SMARTS) is 1. The molecule has 3 rings (SSSR count). The summed E-state index contributed by atoms with van der Waals surface area (Å²) in [6.07, 6.45) is 2.31. The fraction of sp³-hybridized carbons (Fsp3) is 0.400. The second-order valence-corrected chi connectivity index (χ2v) is 5.35. The average Bonchev–Trinajstić information content (AvgIpc) is 3.03. The van der Waals surface area contributed by atoms with E-state index < -0.39 is 5.97 Å². The number of ether oxygens (including phenoxy) is 1. The van der Waals surface area contributed by atoms with E-state index in [1.165, 1.54) is 25.3 Å². The van der Waals surface area contributed by atoms with Crippen LogP contribution in [0, 0.1) is 11.8 Å². The second kappa shape index (κ2) is 4.87. The molecule has 2 fully saturated rings. The summed E-state index contributed by atoms with van der Waals surface area (Å²) in [5.41, 5.74) is 0.241. The van der Waals surface area contributed by atoms with Crippen molar-refractivity contribution in [1.29, 1.82) is 0 Å². The zero-order valence-corrected chi connectivity index (χ0v) is 11.5.